The SMILES string of the molecule is NC(=O)Cc1ccc(Nc2nc(-c3cccc(Cl)c3)nc3c2CCCC3)cc1. The largest absolute Gasteiger partial charge is 0.369 e. The van der Waals surface area contributed by atoms with Crippen molar-refractivity contribution >= 4 is 29.0 Å². The predicted molar refractivity (Wildman–Crippen MR) is 112 cm³/mol. The summed E-state index contributed by atoms with van der Waals surface area (Å²) in [5.74, 6) is 1.18. The number of primary amides is 1. The molecule has 142 valence electrons. The van der Waals surface area contributed by atoms with Gasteiger partial charge < -0.3 is 11.1 Å². The van der Waals surface area contributed by atoms with E-state index in [2.05, 4.69) is 5.32 Å². The van der Waals surface area contributed by atoms with Crippen LogP contribution in [0.4, 0.5) is 11.5 Å². The number of nitrogens with zero attached hydrogens (tertiary/aromatic N) is 2. The second kappa shape index (κ2) is 7.98. The van der Waals surface area contributed by atoms with Crippen LogP contribution in [-0.2, 0) is 24.1 Å². The molecule has 0 spiro atoms. The topological polar surface area (TPSA) is 80.9 Å². The van der Waals surface area contributed by atoms with Crippen LogP contribution >= 0.6 is 11.6 Å². The van der Waals surface area contributed by atoms with Gasteiger partial charge in [0.25, 0.3) is 0 Å². The van der Waals surface area contributed by atoms with E-state index in [4.69, 9.17) is 27.3 Å². The molecule has 5 nitrogen and oxygen atoms in total. The van der Waals surface area contributed by atoms with Crippen LogP contribution in [-0.4, -0.2) is 15.9 Å². The minimum absolute atomic E-state index is 0.238. The van der Waals surface area contributed by atoms with Gasteiger partial charge in [-0.25, -0.2) is 9.97 Å². The summed E-state index contributed by atoms with van der Waals surface area (Å²) in [5.41, 5.74) is 10.3. The average molecular weight is 393 g/mol. The number of carbonyl (C=O) groups is 1. The van der Waals surface area contributed by atoms with Gasteiger partial charge in [-0.3, -0.25) is 4.79 Å². The number of aryl methyl sites for hydroxylation is 1. The number of benzene rings is 2. The number of rotatable bonds is 5. The van der Waals surface area contributed by atoms with E-state index < -0.39 is 0 Å². The fraction of sp³-hybridized carbons (Fsp3) is 0.227. The van der Waals surface area contributed by atoms with Gasteiger partial charge in [0.05, 0.1) is 6.42 Å². The van der Waals surface area contributed by atoms with Crippen molar-refractivity contribution in [2.75, 3.05) is 5.32 Å². The molecule has 0 unspecified atom stereocenters. The lowest BCUT2D eigenvalue weighted by Crippen LogP contribution is -2.13. The number of anilines is 2. The van der Waals surface area contributed by atoms with E-state index in [0.717, 1.165) is 54.0 Å². The molecule has 2 aromatic carbocycles. The molecular weight excluding hydrogens is 372 g/mol. The number of nitrogens with one attached hydrogen (secondary N) is 1. The minimum atomic E-state index is -0.336. The van der Waals surface area contributed by atoms with Gasteiger partial charge in [0.15, 0.2) is 5.82 Å². The van der Waals surface area contributed by atoms with Crippen molar-refractivity contribution < 1.29 is 4.79 Å². The van der Waals surface area contributed by atoms with Crippen molar-refractivity contribution in [3.63, 3.8) is 0 Å². The standard InChI is InChI=1S/C22H21ClN4O/c23-16-5-3-4-15(13-16)21-26-19-7-2-1-6-18(19)22(27-21)25-17-10-8-14(9-11-17)12-20(24)28/h3-5,8-11,13H,1-2,6-7,12H2,(H2,24,28)(H,25,26,27). The second-order valence-electron chi connectivity index (χ2n) is 7.00. The van der Waals surface area contributed by atoms with Crippen LogP contribution < -0.4 is 11.1 Å². The maximum atomic E-state index is 11.1. The van der Waals surface area contributed by atoms with Crippen molar-refractivity contribution in [1.82, 2.24) is 9.97 Å². The van der Waals surface area contributed by atoms with Gasteiger partial charge in [-0.2, -0.15) is 0 Å². The molecule has 28 heavy (non-hydrogen) atoms. The van der Waals surface area contributed by atoms with E-state index in [9.17, 15) is 4.79 Å². The summed E-state index contributed by atoms with van der Waals surface area (Å²) >= 11 is 6.15. The Labute approximate surface area is 169 Å². The van der Waals surface area contributed by atoms with Crippen LogP contribution in [0, 0.1) is 0 Å². The van der Waals surface area contributed by atoms with Gasteiger partial charge in [0, 0.05) is 27.5 Å². The summed E-state index contributed by atoms with van der Waals surface area (Å²) < 4.78 is 0. The maximum Gasteiger partial charge on any atom is 0.221 e. The molecule has 1 aromatic heterocycles. The normalized spacial score (nSPS) is 13.0. The Bertz CT molecular complexity index is 1020. The van der Waals surface area contributed by atoms with Gasteiger partial charge in [-0.05, 0) is 55.5 Å². The van der Waals surface area contributed by atoms with Crippen molar-refractivity contribution in [2.45, 2.75) is 32.1 Å². The van der Waals surface area contributed by atoms with Gasteiger partial charge in [0.2, 0.25) is 5.91 Å². The zero-order valence-electron chi connectivity index (χ0n) is 15.4. The van der Waals surface area contributed by atoms with Crippen molar-refractivity contribution in [1.29, 1.82) is 0 Å². The highest BCUT2D eigenvalue weighted by Crippen LogP contribution is 2.31. The van der Waals surface area contributed by atoms with E-state index in [1.807, 2.05) is 48.5 Å². The molecule has 4 rings (SSSR count). The number of fused-ring (bicyclic) bond motifs is 1. The molecule has 0 saturated heterocycles. The molecular formula is C22H21ClN4O. The third kappa shape index (κ3) is 4.15. The van der Waals surface area contributed by atoms with E-state index in [0.29, 0.717) is 10.8 Å². The molecule has 1 aliphatic rings. The molecule has 0 bridgehead atoms. The number of aromatic nitrogens is 2. The van der Waals surface area contributed by atoms with Gasteiger partial charge in [0.1, 0.15) is 5.82 Å². The average Bonchev–Trinajstić information content (AvgIpc) is 2.69. The van der Waals surface area contributed by atoms with Crippen molar-refractivity contribution in [3.05, 3.63) is 70.4 Å². The van der Waals surface area contributed by atoms with Crippen molar-refractivity contribution in [3.8, 4) is 11.4 Å². The first kappa shape index (κ1) is 18.4. The van der Waals surface area contributed by atoms with Crippen LogP contribution in [0.2, 0.25) is 5.02 Å². The van der Waals surface area contributed by atoms with E-state index >= 15 is 0 Å². The number of amides is 1. The van der Waals surface area contributed by atoms with E-state index in [1.165, 1.54) is 5.56 Å². The Morgan fingerprint density at radius 2 is 1.86 bits per heavy atom. The zero-order chi connectivity index (χ0) is 19.5. The predicted octanol–water partition coefficient (Wildman–Crippen LogP) is 4.45. The summed E-state index contributed by atoms with van der Waals surface area (Å²) in [6, 6.07) is 15.3. The molecule has 1 aliphatic carbocycles. The Kier molecular flexibility index (Phi) is 5.26. The minimum Gasteiger partial charge on any atom is -0.369 e. The summed E-state index contributed by atoms with van der Waals surface area (Å²) in [5, 5.41) is 4.10. The lowest BCUT2D eigenvalue weighted by molar-refractivity contribution is -0.117. The highest BCUT2D eigenvalue weighted by Gasteiger charge is 2.19. The third-order valence-corrected chi connectivity index (χ3v) is 5.10. The number of nitrogens with two attached hydrogens (primary N) is 1. The molecule has 0 fully saturated rings. The lowest BCUT2D eigenvalue weighted by Gasteiger charge is -2.20. The van der Waals surface area contributed by atoms with Gasteiger partial charge in [-0.1, -0.05) is 35.9 Å². The van der Waals surface area contributed by atoms with E-state index in [1.54, 1.807) is 0 Å². The number of hydrogen-bond acceptors (Lipinski definition) is 4. The van der Waals surface area contributed by atoms with Crippen LogP contribution in [0.5, 0.6) is 0 Å². The number of carbonyl (C=O) groups excluding carboxylic acids is 1. The first-order valence-electron chi connectivity index (χ1n) is 9.38. The molecule has 3 N–H and O–H groups in total. The summed E-state index contributed by atoms with van der Waals surface area (Å²) in [6.07, 6.45) is 4.44. The molecule has 3 aromatic rings. The number of hydrogen-bond donors (Lipinski definition) is 2. The number of halogens is 1. The lowest BCUT2D eigenvalue weighted by atomic mass is 9.96. The molecule has 0 radical (unpaired) electrons. The zero-order valence-corrected chi connectivity index (χ0v) is 16.2. The van der Waals surface area contributed by atoms with Crippen LogP contribution in [0.3, 0.4) is 0 Å². The van der Waals surface area contributed by atoms with Gasteiger partial charge in [-0.15, -0.1) is 0 Å². The summed E-state index contributed by atoms with van der Waals surface area (Å²) in [7, 11) is 0. The van der Waals surface area contributed by atoms with Gasteiger partial charge >= 0.3 is 0 Å². The molecule has 6 heteroatoms. The third-order valence-electron chi connectivity index (χ3n) is 4.86. The molecule has 0 saturated carbocycles. The first-order valence-corrected chi connectivity index (χ1v) is 9.76. The van der Waals surface area contributed by atoms with Crippen LogP contribution in [0.25, 0.3) is 11.4 Å². The summed E-state index contributed by atoms with van der Waals surface area (Å²) in [4.78, 5) is 20.7. The fourth-order valence-electron chi connectivity index (χ4n) is 3.50. The first-order chi connectivity index (χ1) is 13.6. The Morgan fingerprint density at radius 3 is 2.61 bits per heavy atom. The van der Waals surface area contributed by atoms with Crippen LogP contribution in [0.15, 0.2) is 48.5 Å². The second-order valence-corrected chi connectivity index (χ2v) is 7.44. The van der Waals surface area contributed by atoms with Crippen molar-refractivity contribution in [2.24, 2.45) is 5.73 Å². The summed E-state index contributed by atoms with van der Waals surface area (Å²) in [6.45, 7) is 0. The maximum absolute atomic E-state index is 11.1. The Hall–Kier alpha value is -2.92. The fourth-order valence-corrected chi connectivity index (χ4v) is 3.69. The molecule has 1 heterocycles. The highest BCUT2D eigenvalue weighted by atomic mass is 35.5. The highest BCUT2D eigenvalue weighted by molar-refractivity contribution is 6.30. The smallest absolute Gasteiger partial charge is 0.221 e. The van der Waals surface area contributed by atoms with Crippen LogP contribution in [0.1, 0.15) is 29.7 Å². The molecule has 0 aliphatic heterocycles. The quantitative estimate of drug-likeness (QED) is 0.672. The Balaban J connectivity index is 1.69. The molecule has 0 atom stereocenters. The molecule has 1 amide bonds. The monoisotopic (exact) mass is 392 g/mol. The van der Waals surface area contributed by atoms with E-state index in [-0.39, 0.29) is 12.3 Å². The Morgan fingerprint density at radius 1 is 1.07 bits per heavy atom.